The molecule has 0 bridgehead atoms. The Balaban J connectivity index is 2.55. The van der Waals surface area contributed by atoms with Gasteiger partial charge in [-0.1, -0.05) is 26.8 Å². The summed E-state index contributed by atoms with van der Waals surface area (Å²) in [6, 6.07) is 7.91. The fraction of sp³-hybridized carbons (Fsp3) is 0.357. The summed E-state index contributed by atoms with van der Waals surface area (Å²) >= 11 is 0. The van der Waals surface area contributed by atoms with E-state index in [-0.39, 0.29) is 5.41 Å². The van der Waals surface area contributed by atoms with E-state index in [1.807, 2.05) is 6.07 Å². The lowest BCUT2D eigenvalue weighted by molar-refractivity contribution is 0.110. The Labute approximate surface area is 95.3 Å². The van der Waals surface area contributed by atoms with Crippen LogP contribution in [0, 0.1) is 0 Å². The summed E-state index contributed by atoms with van der Waals surface area (Å²) in [5.41, 5.74) is 2.21. The average molecular weight is 216 g/mol. The lowest BCUT2D eigenvalue weighted by Gasteiger charge is -2.23. The molecule has 0 aliphatic heterocycles. The third-order valence-corrected chi connectivity index (χ3v) is 3.32. The Kier molecular flexibility index (Phi) is 2.58. The van der Waals surface area contributed by atoms with Gasteiger partial charge in [0.1, 0.15) is 5.58 Å². The summed E-state index contributed by atoms with van der Waals surface area (Å²) in [5, 5.41) is 1.00. The second-order valence-corrected chi connectivity index (χ2v) is 4.76. The minimum atomic E-state index is 0.160. The van der Waals surface area contributed by atoms with Gasteiger partial charge in [-0.2, -0.15) is 0 Å². The van der Waals surface area contributed by atoms with E-state index in [1.165, 1.54) is 5.56 Å². The van der Waals surface area contributed by atoms with Gasteiger partial charge in [-0.25, -0.2) is 0 Å². The fourth-order valence-electron chi connectivity index (χ4n) is 1.75. The Hall–Kier alpha value is -1.57. The van der Waals surface area contributed by atoms with Crippen LogP contribution in [0.4, 0.5) is 0 Å². The number of carbonyl (C=O) groups is 1. The van der Waals surface area contributed by atoms with Gasteiger partial charge in [-0.15, -0.1) is 0 Å². The molecular formula is C14H16O2. The minimum Gasteiger partial charge on any atom is -0.453 e. The van der Waals surface area contributed by atoms with Gasteiger partial charge in [0.05, 0.1) is 0 Å². The van der Waals surface area contributed by atoms with Crippen LogP contribution in [-0.2, 0) is 5.41 Å². The first kappa shape index (κ1) is 10.9. The normalized spacial score (nSPS) is 11.9. The quantitative estimate of drug-likeness (QED) is 0.727. The van der Waals surface area contributed by atoms with E-state index in [1.54, 1.807) is 6.07 Å². The molecular weight excluding hydrogens is 200 g/mol. The highest BCUT2D eigenvalue weighted by atomic mass is 16.3. The molecule has 84 valence electrons. The number of hydrogen-bond acceptors (Lipinski definition) is 2. The van der Waals surface area contributed by atoms with Crippen molar-refractivity contribution in [1.82, 2.24) is 0 Å². The summed E-state index contributed by atoms with van der Waals surface area (Å²) in [7, 11) is 0. The lowest BCUT2D eigenvalue weighted by Crippen LogP contribution is -2.14. The van der Waals surface area contributed by atoms with Crippen LogP contribution in [0.25, 0.3) is 11.0 Å². The standard InChI is InChI=1S/C14H16O2/c1-4-14(2,3)11-5-6-13-10(7-11)8-12(9-15)16-13/h5-9H,4H2,1-3H3. The number of fused-ring (bicyclic) bond motifs is 1. The van der Waals surface area contributed by atoms with Crippen molar-refractivity contribution >= 4 is 17.3 Å². The molecule has 0 aliphatic rings. The number of hydrogen-bond donors (Lipinski definition) is 0. The predicted octanol–water partition coefficient (Wildman–Crippen LogP) is 3.93. The summed E-state index contributed by atoms with van der Waals surface area (Å²) in [4.78, 5) is 10.6. The molecule has 0 saturated carbocycles. The number of furan rings is 1. The maximum atomic E-state index is 10.6. The highest BCUT2D eigenvalue weighted by Crippen LogP contribution is 2.30. The van der Waals surface area contributed by atoms with E-state index >= 15 is 0 Å². The first-order valence-corrected chi connectivity index (χ1v) is 5.56. The molecule has 1 heterocycles. The molecule has 1 aromatic heterocycles. The van der Waals surface area contributed by atoms with Gasteiger partial charge < -0.3 is 4.42 Å². The third-order valence-electron chi connectivity index (χ3n) is 3.32. The van der Waals surface area contributed by atoms with Crippen LogP contribution in [0.5, 0.6) is 0 Å². The molecule has 0 fully saturated rings. The summed E-state index contributed by atoms with van der Waals surface area (Å²) in [5.74, 6) is 0.390. The van der Waals surface area contributed by atoms with Crippen molar-refractivity contribution in [2.45, 2.75) is 32.6 Å². The molecule has 0 amide bonds. The highest BCUT2D eigenvalue weighted by Gasteiger charge is 2.18. The van der Waals surface area contributed by atoms with Crippen molar-refractivity contribution in [2.24, 2.45) is 0 Å². The van der Waals surface area contributed by atoms with Crippen molar-refractivity contribution in [3.05, 3.63) is 35.6 Å². The van der Waals surface area contributed by atoms with E-state index in [0.717, 1.165) is 23.7 Å². The van der Waals surface area contributed by atoms with Gasteiger partial charge in [0.15, 0.2) is 12.0 Å². The summed E-state index contributed by atoms with van der Waals surface area (Å²) < 4.78 is 5.35. The molecule has 0 aliphatic carbocycles. The summed E-state index contributed by atoms with van der Waals surface area (Å²) in [6.07, 6.45) is 1.82. The zero-order valence-electron chi connectivity index (χ0n) is 9.91. The van der Waals surface area contributed by atoms with Crippen LogP contribution < -0.4 is 0 Å². The Morgan fingerprint density at radius 1 is 1.31 bits per heavy atom. The number of aldehydes is 1. The van der Waals surface area contributed by atoms with Crippen LogP contribution >= 0.6 is 0 Å². The molecule has 0 radical (unpaired) electrons. The van der Waals surface area contributed by atoms with Crippen LogP contribution in [0.1, 0.15) is 43.3 Å². The molecule has 0 atom stereocenters. The molecule has 0 spiro atoms. The molecule has 0 N–H and O–H groups in total. The van der Waals surface area contributed by atoms with Crippen LogP contribution in [0.2, 0.25) is 0 Å². The highest BCUT2D eigenvalue weighted by molar-refractivity contribution is 5.85. The smallest absolute Gasteiger partial charge is 0.185 e. The van der Waals surface area contributed by atoms with Gasteiger partial charge in [0.25, 0.3) is 0 Å². The largest absolute Gasteiger partial charge is 0.453 e. The Morgan fingerprint density at radius 2 is 2.06 bits per heavy atom. The van der Waals surface area contributed by atoms with E-state index in [4.69, 9.17) is 4.42 Å². The average Bonchev–Trinajstić information content (AvgIpc) is 2.70. The zero-order valence-corrected chi connectivity index (χ0v) is 9.91. The van der Waals surface area contributed by atoms with E-state index in [0.29, 0.717) is 5.76 Å². The summed E-state index contributed by atoms with van der Waals surface area (Å²) in [6.45, 7) is 6.61. The molecule has 0 unspecified atom stereocenters. The second-order valence-electron chi connectivity index (χ2n) is 4.76. The molecule has 2 aromatic rings. The van der Waals surface area contributed by atoms with E-state index < -0.39 is 0 Å². The van der Waals surface area contributed by atoms with E-state index in [9.17, 15) is 4.79 Å². The molecule has 0 saturated heterocycles. The maximum Gasteiger partial charge on any atom is 0.185 e. The molecule has 2 rings (SSSR count). The molecule has 1 aromatic carbocycles. The van der Waals surface area contributed by atoms with Crippen LogP contribution in [0.3, 0.4) is 0 Å². The molecule has 2 heteroatoms. The first-order chi connectivity index (χ1) is 7.56. The number of carbonyl (C=O) groups excluding carboxylic acids is 1. The van der Waals surface area contributed by atoms with Crippen molar-refractivity contribution in [3.63, 3.8) is 0 Å². The predicted molar refractivity (Wildman–Crippen MR) is 64.9 cm³/mol. The molecule has 2 nitrogen and oxygen atoms in total. The van der Waals surface area contributed by atoms with Crippen molar-refractivity contribution in [1.29, 1.82) is 0 Å². The van der Waals surface area contributed by atoms with Crippen LogP contribution in [-0.4, -0.2) is 6.29 Å². The number of benzene rings is 1. The SMILES string of the molecule is CCC(C)(C)c1ccc2oc(C=O)cc2c1. The van der Waals surface area contributed by atoms with Crippen LogP contribution in [0.15, 0.2) is 28.7 Å². The molecule has 16 heavy (non-hydrogen) atoms. The van der Waals surface area contributed by atoms with E-state index in [2.05, 4.69) is 32.9 Å². The number of rotatable bonds is 3. The Morgan fingerprint density at radius 3 is 2.69 bits per heavy atom. The van der Waals surface area contributed by atoms with Gasteiger partial charge in [-0.05, 0) is 35.6 Å². The third kappa shape index (κ3) is 1.75. The fourth-order valence-corrected chi connectivity index (χ4v) is 1.75. The first-order valence-electron chi connectivity index (χ1n) is 5.56. The topological polar surface area (TPSA) is 30.2 Å². The maximum absolute atomic E-state index is 10.6. The van der Waals surface area contributed by atoms with Crippen molar-refractivity contribution in [3.8, 4) is 0 Å². The second kappa shape index (κ2) is 3.78. The monoisotopic (exact) mass is 216 g/mol. The Bertz CT molecular complexity index is 521. The van der Waals surface area contributed by atoms with Gasteiger partial charge in [-0.3, -0.25) is 4.79 Å². The minimum absolute atomic E-state index is 0.160. The zero-order chi connectivity index (χ0) is 11.8. The van der Waals surface area contributed by atoms with Gasteiger partial charge >= 0.3 is 0 Å². The van der Waals surface area contributed by atoms with Crippen molar-refractivity contribution < 1.29 is 9.21 Å². The lowest BCUT2D eigenvalue weighted by atomic mass is 9.82. The van der Waals surface area contributed by atoms with Gasteiger partial charge in [0, 0.05) is 5.39 Å². The van der Waals surface area contributed by atoms with Gasteiger partial charge in [0.2, 0.25) is 0 Å². The van der Waals surface area contributed by atoms with Crippen molar-refractivity contribution in [2.75, 3.05) is 0 Å².